The Kier molecular flexibility index (Phi) is 4.59. The van der Waals surface area contributed by atoms with E-state index < -0.39 is 0 Å². The predicted molar refractivity (Wildman–Crippen MR) is 101 cm³/mol. The summed E-state index contributed by atoms with van der Waals surface area (Å²) >= 11 is 6.17. The molecule has 3 nitrogen and oxygen atoms in total. The first-order valence-electron chi connectivity index (χ1n) is 7.82. The van der Waals surface area contributed by atoms with Crippen LogP contribution >= 0.6 is 15.9 Å². The predicted octanol–water partition coefficient (Wildman–Crippen LogP) is 3.58. The van der Waals surface area contributed by atoms with Crippen LogP contribution in [0.3, 0.4) is 0 Å². The van der Waals surface area contributed by atoms with Crippen LogP contribution in [-0.2, 0) is 0 Å². The highest BCUT2D eigenvalue weighted by molar-refractivity contribution is 9.10. The van der Waals surface area contributed by atoms with E-state index in [9.17, 15) is 4.79 Å². The molecule has 0 fully saturated rings. The van der Waals surface area contributed by atoms with Gasteiger partial charge in [-0.05, 0) is 56.5 Å². The zero-order valence-electron chi connectivity index (χ0n) is 13.8. The normalized spacial score (nSPS) is 16.6. The number of hydrogen-bond acceptors (Lipinski definition) is 2. The average molecular weight is 387 g/mol. The van der Waals surface area contributed by atoms with Crippen LogP contribution in [0.4, 0.5) is 0 Å². The van der Waals surface area contributed by atoms with E-state index in [2.05, 4.69) is 76.3 Å². The van der Waals surface area contributed by atoms with Crippen LogP contribution in [0.15, 0.2) is 39.6 Å². The summed E-state index contributed by atoms with van der Waals surface area (Å²) in [4.78, 5) is 14.4. The Morgan fingerprint density at radius 1 is 1.22 bits per heavy atom. The van der Waals surface area contributed by atoms with E-state index in [1.54, 1.807) is 9.62 Å². The van der Waals surface area contributed by atoms with Crippen molar-refractivity contribution in [3.8, 4) is 0 Å². The molecule has 0 unspecified atom stereocenters. The first kappa shape index (κ1) is 17.0. The van der Waals surface area contributed by atoms with Crippen LogP contribution in [0.2, 0.25) is 0 Å². The van der Waals surface area contributed by atoms with Gasteiger partial charge >= 0.3 is 16.5 Å². The monoisotopic (exact) mass is 386 g/mol. The van der Waals surface area contributed by atoms with Gasteiger partial charge in [-0.1, -0.05) is 22.0 Å². The summed E-state index contributed by atoms with van der Waals surface area (Å²) in [6.07, 6.45) is 3.35. The molecule has 0 saturated carbocycles. The highest BCUT2D eigenvalue weighted by Crippen LogP contribution is 2.31. The minimum absolute atomic E-state index is 0.0110. The van der Waals surface area contributed by atoms with Crippen LogP contribution in [-0.4, -0.2) is 43.6 Å². The number of benzene rings is 1. The van der Waals surface area contributed by atoms with Gasteiger partial charge in [0.2, 0.25) is 5.56 Å². The molecule has 2 aromatic rings. The standard InChI is InChI=1S/C18H21BrN2O.Al/c1-18(2,3)21-8-6-12(7-9-21)13-10-15(19)14-4-5-17(22)20-16(14)11-13;/h4-6,10-11H,7-9H2,1-3H3,(H,20,22);/q;+1/p-1. The zero-order chi connectivity index (χ0) is 16.8. The summed E-state index contributed by atoms with van der Waals surface area (Å²) in [6.45, 7) is 8.80. The van der Waals surface area contributed by atoms with E-state index in [0.717, 1.165) is 34.9 Å². The SMILES string of the molecule is CC(C)(C)N1CC=C(c2cc(Br)c3ccc(=O)[n]([Al])c3c2)CC1. The Morgan fingerprint density at radius 2 is 1.96 bits per heavy atom. The number of hydrogen-bond donors (Lipinski definition) is 0. The third kappa shape index (κ3) is 3.34. The Balaban J connectivity index is 2.03. The summed E-state index contributed by atoms with van der Waals surface area (Å²) in [6, 6.07) is 7.76. The molecule has 1 aromatic heterocycles. The van der Waals surface area contributed by atoms with Crippen molar-refractivity contribution >= 4 is 48.9 Å². The Morgan fingerprint density at radius 3 is 2.57 bits per heavy atom. The molecule has 23 heavy (non-hydrogen) atoms. The van der Waals surface area contributed by atoms with Gasteiger partial charge in [-0.25, -0.2) is 0 Å². The fourth-order valence-corrected chi connectivity index (χ4v) is 3.93. The lowest BCUT2D eigenvalue weighted by atomic mass is 9.95. The molecule has 0 amide bonds. The molecule has 0 N–H and O–H groups in total. The molecule has 118 valence electrons. The topological polar surface area (TPSA) is 25.2 Å². The highest BCUT2D eigenvalue weighted by Gasteiger charge is 2.23. The smallest absolute Gasteiger partial charge is 0.323 e. The lowest BCUT2D eigenvalue weighted by Gasteiger charge is -2.37. The van der Waals surface area contributed by atoms with E-state index in [4.69, 9.17) is 0 Å². The van der Waals surface area contributed by atoms with Crippen molar-refractivity contribution < 1.29 is 0 Å². The largest absolute Gasteiger partial charge is 0.421 e. The Hall–Kier alpha value is -0.858. The van der Waals surface area contributed by atoms with Crippen molar-refractivity contribution in [2.45, 2.75) is 32.7 Å². The molecule has 0 spiro atoms. The molecule has 5 heteroatoms. The molecular weight excluding hydrogens is 367 g/mol. The van der Waals surface area contributed by atoms with E-state index >= 15 is 0 Å². The summed E-state index contributed by atoms with van der Waals surface area (Å²) in [5.41, 5.74) is 3.68. The molecule has 3 rings (SSSR count). The van der Waals surface area contributed by atoms with Crippen LogP contribution in [0.1, 0.15) is 32.8 Å². The first-order valence-corrected chi connectivity index (χ1v) is 9.13. The summed E-state index contributed by atoms with van der Waals surface area (Å²) in [5, 5.41) is 1.05. The van der Waals surface area contributed by atoms with Gasteiger partial charge in [-0.2, -0.15) is 0 Å². The molecule has 1 aliphatic heterocycles. The molecule has 1 aliphatic rings. The second kappa shape index (κ2) is 6.22. The second-order valence-corrected chi connectivity index (χ2v) is 8.40. The number of aromatic nitrogens is 1. The van der Waals surface area contributed by atoms with Gasteiger partial charge in [0.15, 0.2) is 0 Å². The summed E-state index contributed by atoms with van der Waals surface area (Å²) in [5.74, 6) is 0. The molecule has 0 saturated heterocycles. The maximum Gasteiger partial charge on any atom is 0.323 e. The van der Waals surface area contributed by atoms with Crippen LogP contribution in [0, 0.1) is 0 Å². The van der Waals surface area contributed by atoms with Gasteiger partial charge in [0, 0.05) is 40.1 Å². The maximum absolute atomic E-state index is 11.9. The van der Waals surface area contributed by atoms with Crippen molar-refractivity contribution in [3.63, 3.8) is 0 Å². The van der Waals surface area contributed by atoms with Crippen molar-refractivity contribution in [2.24, 2.45) is 0 Å². The molecule has 2 heterocycles. The molecule has 0 bridgehead atoms. The van der Waals surface area contributed by atoms with E-state index in [1.165, 1.54) is 11.1 Å². The van der Waals surface area contributed by atoms with Gasteiger partial charge in [0.1, 0.15) is 0 Å². The van der Waals surface area contributed by atoms with E-state index in [1.807, 2.05) is 6.07 Å². The van der Waals surface area contributed by atoms with Gasteiger partial charge < -0.3 is 3.55 Å². The number of pyridine rings is 1. The van der Waals surface area contributed by atoms with Gasteiger partial charge in [-0.15, -0.1) is 0 Å². The van der Waals surface area contributed by atoms with Gasteiger partial charge in [-0.3, -0.25) is 9.69 Å². The highest BCUT2D eigenvalue weighted by atomic mass is 79.9. The van der Waals surface area contributed by atoms with Crippen LogP contribution in [0.25, 0.3) is 16.5 Å². The molecule has 2 radical (unpaired) electrons. The summed E-state index contributed by atoms with van der Waals surface area (Å²) < 4.78 is 2.66. The van der Waals surface area contributed by atoms with Crippen LogP contribution < -0.4 is 5.56 Å². The molecule has 1 aromatic carbocycles. The van der Waals surface area contributed by atoms with Crippen LogP contribution in [0.5, 0.6) is 0 Å². The number of rotatable bonds is 1. The molecular formula is C18H20AlBrN2O. The van der Waals surface area contributed by atoms with Crippen molar-refractivity contribution in [3.05, 3.63) is 50.7 Å². The number of nitrogens with zero attached hydrogens (tertiary/aromatic N) is 2. The van der Waals surface area contributed by atoms with Crippen molar-refractivity contribution in [1.29, 1.82) is 0 Å². The maximum atomic E-state index is 11.9. The third-order valence-corrected chi connectivity index (χ3v) is 5.71. The van der Waals surface area contributed by atoms with Crippen molar-refractivity contribution in [2.75, 3.05) is 13.1 Å². The Bertz CT molecular complexity index is 848. The lowest BCUT2D eigenvalue weighted by molar-refractivity contribution is 0.153. The quantitative estimate of drug-likeness (QED) is 0.699. The fourth-order valence-electron chi connectivity index (χ4n) is 3.05. The van der Waals surface area contributed by atoms with E-state index in [-0.39, 0.29) is 11.1 Å². The fraction of sp³-hybridized carbons (Fsp3) is 0.389. The average Bonchev–Trinajstić information content (AvgIpc) is 2.50. The second-order valence-electron chi connectivity index (χ2n) is 7.03. The number of fused-ring (bicyclic) bond motifs is 1. The number of halogens is 1. The first-order chi connectivity index (χ1) is 10.8. The zero-order valence-corrected chi connectivity index (χ0v) is 16.5. The third-order valence-electron chi connectivity index (χ3n) is 4.53. The van der Waals surface area contributed by atoms with E-state index in [0.29, 0.717) is 0 Å². The van der Waals surface area contributed by atoms with Gasteiger partial charge in [0.25, 0.3) is 0 Å². The molecule has 0 aliphatic carbocycles. The molecule has 0 atom stereocenters. The van der Waals surface area contributed by atoms with Gasteiger partial charge in [0.05, 0.1) is 0 Å². The van der Waals surface area contributed by atoms with Crippen molar-refractivity contribution in [1.82, 2.24) is 8.45 Å². The minimum atomic E-state index is -0.0110. The summed E-state index contributed by atoms with van der Waals surface area (Å²) in [7, 11) is 0. The lowest BCUT2D eigenvalue weighted by Crippen LogP contribution is -2.43. The Labute approximate surface area is 153 Å². The minimum Gasteiger partial charge on any atom is -0.421 e.